The lowest BCUT2D eigenvalue weighted by Gasteiger charge is -1.96. The van der Waals surface area contributed by atoms with Gasteiger partial charge in [0.2, 0.25) is 19.7 Å². The molecule has 102 valence electrons. The highest BCUT2D eigenvalue weighted by atomic mass is 32.2. The van der Waals surface area contributed by atoms with Crippen LogP contribution in [0.2, 0.25) is 0 Å². The van der Waals surface area contributed by atoms with Gasteiger partial charge in [-0.15, -0.1) is 0 Å². The molecule has 6 heteroatoms. The first-order valence-corrected chi connectivity index (χ1v) is 8.52. The van der Waals surface area contributed by atoms with E-state index >= 15 is 0 Å². The minimum Gasteiger partial charge on any atom is -0.210 e. The highest BCUT2D eigenvalue weighted by Crippen LogP contribution is 2.11. The lowest BCUT2D eigenvalue weighted by atomic mass is 10.4. The molecule has 0 bridgehead atoms. The number of hydrogen-bond acceptors (Lipinski definition) is 4. The first-order chi connectivity index (χ1) is 9.42. The smallest absolute Gasteiger partial charge is 0.210 e. The highest BCUT2D eigenvalue weighted by molar-refractivity contribution is 7.99. The molecule has 0 aliphatic carbocycles. The van der Waals surface area contributed by atoms with E-state index in [0.717, 1.165) is 0 Å². The van der Waals surface area contributed by atoms with Gasteiger partial charge < -0.3 is 0 Å². The summed E-state index contributed by atoms with van der Waals surface area (Å²) in [4.78, 5) is -0.0634. The highest BCUT2D eigenvalue weighted by Gasteiger charge is 2.13. The number of benzene rings is 2. The van der Waals surface area contributed by atoms with E-state index in [4.69, 9.17) is 0 Å². The molecule has 2 rings (SSSR count). The molecule has 0 heterocycles. The average molecular weight is 306 g/mol. The van der Waals surface area contributed by atoms with Gasteiger partial charge in [0.1, 0.15) is 0 Å². The van der Waals surface area contributed by atoms with Crippen molar-refractivity contribution < 1.29 is 16.8 Å². The van der Waals surface area contributed by atoms with Crippen molar-refractivity contribution in [3.8, 4) is 10.5 Å². The molecule has 0 saturated carbocycles. The fourth-order valence-electron chi connectivity index (χ4n) is 1.43. The maximum Gasteiger partial charge on any atom is 0.246 e. The van der Waals surface area contributed by atoms with Crippen molar-refractivity contribution in [2.45, 2.75) is 9.79 Å². The number of rotatable bonds is 2. The zero-order chi connectivity index (χ0) is 14.6. The molecule has 0 fully saturated rings. The molecule has 0 unspecified atom stereocenters. The Bertz CT molecular complexity index is 784. The van der Waals surface area contributed by atoms with Crippen LogP contribution in [0, 0.1) is 10.5 Å². The first kappa shape index (κ1) is 14.3. The quantitative estimate of drug-likeness (QED) is 0.794. The first-order valence-electron chi connectivity index (χ1n) is 5.55. The molecule has 0 atom stereocenters. The van der Waals surface area contributed by atoms with E-state index in [1.165, 1.54) is 24.3 Å². The van der Waals surface area contributed by atoms with Crippen molar-refractivity contribution in [1.82, 2.24) is 0 Å². The van der Waals surface area contributed by atoms with Crippen LogP contribution < -0.4 is 0 Å². The van der Waals surface area contributed by atoms with Crippen molar-refractivity contribution in [2.24, 2.45) is 0 Å². The number of hydrogen-bond donors (Lipinski definition) is 0. The molecule has 2 aromatic rings. The third-order valence-electron chi connectivity index (χ3n) is 2.42. The van der Waals surface area contributed by atoms with E-state index in [2.05, 4.69) is 0 Å². The Morgan fingerprint density at radius 2 is 0.850 bits per heavy atom. The minimum atomic E-state index is -3.94. The fourth-order valence-corrected chi connectivity index (χ4v) is 3.57. The summed E-state index contributed by atoms with van der Waals surface area (Å²) in [5, 5.41) is 3.70. The van der Waals surface area contributed by atoms with Crippen molar-refractivity contribution in [3.05, 3.63) is 60.7 Å². The van der Waals surface area contributed by atoms with Crippen LogP contribution in [0.5, 0.6) is 0 Å². The van der Waals surface area contributed by atoms with E-state index in [0.29, 0.717) is 0 Å². The van der Waals surface area contributed by atoms with Crippen molar-refractivity contribution in [1.29, 1.82) is 0 Å². The summed E-state index contributed by atoms with van der Waals surface area (Å²) in [6.07, 6.45) is 0. The normalized spacial score (nSPS) is 11.4. The van der Waals surface area contributed by atoms with Gasteiger partial charge in [-0.25, -0.2) is 16.8 Å². The maximum atomic E-state index is 11.9. The Labute approximate surface area is 117 Å². The fraction of sp³-hybridized carbons (Fsp3) is 0. The second-order valence-corrected chi connectivity index (χ2v) is 7.20. The predicted octanol–water partition coefficient (Wildman–Crippen LogP) is 1.85. The molecule has 2 aromatic carbocycles. The molecule has 20 heavy (non-hydrogen) atoms. The predicted molar refractivity (Wildman–Crippen MR) is 75.0 cm³/mol. The van der Waals surface area contributed by atoms with Gasteiger partial charge in [0.05, 0.1) is 9.79 Å². The van der Waals surface area contributed by atoms with Crippen LogP contribution in [0.1, 0.15) is 0 Å². The lowest BCUT2D eigenvalue weighted by Crippen LogP contribution is -2.00. The molecule has 4 nitrogen and oxygen atoms in total. The summed E-state index contributed by atoms with van der Waals surface area (Å²) in [5.74, 6) is 0. The van der Waals surface area contributed by atoms with Gasteiger partial charge in [0, 0.05) is 10.5 Å². The molecular formula is C14H10O4S2. The summed E-state index contributed by atoms with van der Waals surface area (Å²) in [6, 6.07) is 14.9. The zero-order valence-electron chi connectivity index (χ0n) is 10.2. The summed E-state index contributed by atoms with van der Waals surface area (Å²) in [6.45, 7) is 0. The van der Waals surface area contributed by atoms with Crippen LogP contribution in [-0.2, 0) is 19.7 Å². The summed E-state index contributed by atoms with van der Waals surface area (Å²) in [5.41, 5.74) is 0. The third-order valence-corrected chi connectivity index (χ3v) is 5.07. The lowest BCUT2D eigenvalue weighted by molar-refractivity contribution is 0.603. The van der Waals surface area contributed by atoms with Gasteiger partial charge in [0.25, 0.3) is 0 Å². The molecule has 0 amide bonds. The second kappa shape index (κ2) is 5.49. The Hall–Kier alpha value is -2.10. The van der Waals surface area contributed by atoms with Crippen LogP contribution >= 0.6 is 0 Å². The van der Waals surface area contributed by atoms with Gasteiger partial charge >= 0.3 is 0 Å². The van der Waals surface area contributed by atoms with E-state index in [9.17, 15) is 16.8 Å². The molecule has 0 aromatic heterocycles. The second-order valence-electron chi connectivity index (χ2n) is 3.84. The van der Waals surface area contributed by atoms with E-state index < -0.39 is 19.7 Å². The summed E-state index contributed by atoms with van der Waals surface area (Å²) < 4.78 is 47.5. The minimum absolute atomic E-state index is 0.0317. The monoisotopic (exact) mass is 306 g/mol. The van der Waals surface area contributed by atoms with E-state index in [1.54, 1.807) is 36.4 Å². The van der Waals surface area contributed by atoms with Crippen LogP contribution in [0.4, 0.5) is 0 Å². The number of sulfone groups is 2. The molecule has 0 N–H and O–H groups in total. The van der Waals surface area contributed by atoms with Gasteiger partial charge in [-0.3, -0.25) is 0 Å². The molecule has 0 aliphatic heterocycles. The summed E-state index contributed by atoms with van der Waals surface area (Å²) in [7, 11) is -7.88. The SMILES string of the molecule is O=S(=O)(C#CS(=O)(=O)c1ccccc1)c1ccccc1. The summed E-state index contributed by atoms with van der Waals surface area (Å²) >= 11 is 0. The van der Waals surface area contributed by atoms with Crippen molar-refractivity contribution >= 4 is 19.7 Å². The van der Waals surface area contributed by atoms with E-state index in [-0.39, 0.29) is 9.79 Å². The van der Waals surface area contributed by atoms with Gasteiger partial charge in [-0.05, 0) is 24.3 Å². The Morgan fingerprint density at radius 3 is 1.15 bits per heavy atom. The maximum absolute atomic E-state index is 11.9. The Balaban J connectivity index is 2.42. The van der Waals surface area contributed by atoms with E-state index in [1.807, 2.05) is 10.5 Å². The molecule has 0 spiro atoms. The Morgan fingerprint density at radius 1 is 0.550 bits per heavy atom. The van der Waals surface area contributed by atoms with Crippen molar-refractivity contribution in [2.75, 3.05) is 0 Å². The van der Waals surface area contributed by atoms with Gasteiger partial charge in [-0.1, -0.05) is 36.4 Å². The van der Waals surface area contributed by atoms with Crippen LogP contribution in [-0.4, -0.2) is 16.8 Å². The van der Waals surface area contributed by atoms with Gasteiger partial charge in [0.15, 0.2) is 0 Å². The third kappa shape index (κ3) is 3.26. The van der Waals surface area contributed by atoms with Crippen LogP contribution in [0.25, 0.3) is 0 Å². The Kier molecular flexibility index (Phi) is 3.93. The molecular weight excluding hydrogens is 296 g/mol. The van der Waals surface area contributed by atoms with Crippen LogP contribution in [0.3, 0.4) is 0 Å². The molecule has 0 aliphatic rings. The topological polar surface area (TPSA) is 68.3 Å². The standard InChI is InChI=1S/C14H10O4S2/c15-19(16,13-7-3-1-4-8-13)11-12-20(17,18)14-9-5-2-6-10-14/h1-10H. The largest absolute Gasteiger partial charge is 0.246 e. The molecule has 0 radical (unpaired) electrons. The average Bonchev–Trinajstić information content (AvgIpc) is 2.47. The molecule has 0 saturated heterocycles. The zero-order valence-corrected chi connectivity index (χ0v) is 11.9. The van der Waals surface area contributed by atoms with Gasteiger partial charge in [-0.2, -0.15) is 0 Å². The van der Waals surface area contributed by atoms with Crippen molar-refractivity contribution in [3.63, 3.8) is 0 Å². The van der Waals surface area contributed by atoms with Crippen LogP contribution in [0.15, 0.2) is 70.5 Å².